The van der Waals surface area contributed by atoms with Gasteiger partial charge in [-0.2, -0.15) is 0 Å². The minimum absolute atomic E-state index is 0.325. The highest BCUT2D eigenvalue weighted by atomic mass is 32.1. The molecule has 0 aliphatic carbocycles. The van der Waals surface area contributed by atoms with Gasteiger partial charge in [0, 0.05) is 10.1 Å². The maximum atomic E-state index is 11.8. The van der Waals surface area contributed by atoms with Gasteiger partial charge in [-0.1, -0.05) is 18.2 Å². The highest BCUT2D eigenvalue weighted by molar-refractivity contribution is 7.25. The minimum Gasteiger partial charge on any atom is -0.475 e. The van der Waals surface area contributed by atoms with Crippen LogP contribution in [0.15, 0.2) is 29.1 Å². The van der Waals surface area contributed by atoms with Crippen molar-refractivity contribution in [2.75, 3.05) is 0 Å². The molecule has 0 atom stereocenters. The number of hydrogen-bond donors (Lipinski definition) is 2. The van der Waals surface area contributed by atoms with E-state index < -0.39 is 11.5 Å². The number of H-pyrrole nitrogens is 1. The lowest BCUT2D eigenvalue weighted by atomic mass is 10.2. The van der Waals surface area contributed by atoms with E-state index in [1.54, 1.807) is 0 Å². The van der Waals surface area contributed by atoms with E-state index in [4.69, 9.17) is 5.11 Å². The predicted molar refractivity (Wildman–Crippen MR) is 64.7 cm³/mol. The molecule has 3 aromatic rings. The van der Waals surface area contributed by atoms with E-state index in [1.165, 1.54) is 11.3 Å². The lowest BCUT2D eigenvalue weighted by molar-refractivity contribution is 0.0683. The van der Waals surface area contributed by atoms with Crippen molar-refractivity contribution in [1.82, 2.24) is 9.97 Å². The number of nitrogens with one attached hydrogen (secondary N) is 1. The van der Waals surface area contributed by atoms with Gasteiger partial charge < -0.3 is 10.1 Å². The summed E-state index contributed by atoms with van der Waals surface area (Å²) in [6.45, 7) is 0. The molecule has 84 valence electrons. The number of carboxylic acids is 1. The molecule has 0 radical (unpaired) electrons. The topological polar surface area (TPSA) is 83.0 Å². The molecule has 1 aromatic carbocycles. The van der Waals surface area contributed by atoms with Gasteiger partial charge in [-0.25, -0.2) is 9.78 Å². The van der Waals surface area contributed by atoms with Crippen molar-refractivity contribution in [3.8, 4) is 0 Å². The molecule has 0 unspecified atom stereocenters. The summed E-state index contributed by atoms with van der Waals surface area (Å²) in [5.41, 5.74) is -0.412. The third-order valence-electron chi connectivity index (χ3n) is 2.45. The number of hydrogen-bond acceptors (Lipinski definition) is 4. The van der Waals surface area contributed by atoms with Gasteiger partial charge in [0.25, 0.3) is 5.56 Å². The Labute approximate surface area is 98.4 Å². The van der Waals surface area contributed by atoms with Gasteiger partial charge in [-0.15, -0.1) is 11.3 Å². The summed E-state index contributed by atoms with van der Waals surface area (Å²) in [5, 5.41) is 10.1. The third kappa shape index (κ3) is 1.42. The second kappa shape index (κ2) is 3.39. The summed E-state index contributed by atoms with van der Waals surface area (Å²) in [5.74, 6) is -1.56. The Morgan fingerprint density at radius 2 is 2.12 bits per heavy atom. The average molecular weight is 246 g/mol. The molecule has 0 fully saturated rings. The van der Waals surface area contributed by atoms with Crippen molar-refractivity contribution in [2.24, 2.45) is 0 Å². The molecule has 0 aliphatic rings. The van der Waals surface area contributed by atoms with Crippen molar-refractivity contribution in [3.05, 3.63) is 40.4 Å². The van der Waals surface area contributed by atoms with Crippen LogP contribution in [0.25, 0.3) is 20.3 Å². The number of rotatable bonds is 1. The fraction of sp³-hybridized carbons (Fsp3) is 0. The zero-order chi connectivity index (χ0) is 12.0. The molecule has 0 saturated heterocycles. The Bertz CT molecular complexity index is 803. The van der Waals surface area contributed by atoms with Crippen LogP contribution in [0.1, 0.15) is 10.6 Å². The third-order valence-corrected chi connectivity index (χ3v) is 3.52. The first kappa shape index (κ1) is 9.98. The maximum absolute atomic E-state index is 11.8. The fourth-order valence-electron chi connectivity index (χ4n) is 1.73. The molecule has 5 nitrogen and oxygen atoms in total. The zero-order valence-corrected chi connectivity index (χ0v) is 9.25. The van der Waals surface area contributed by atoms with Gasteiger partial charge in [-0.3, -0.25) is 4.79 Å². The van der Waals surface area contributed by atoms with Crippen LogP contribution in [0.4, 0.5) is 0 Å². The minimum atomic E-state index is -1.23. The number of fused-ring (bicyclic) bond motifs is 3. The Morgan fingerprint density at radius 1 is 1.35 bits per heavy atom. The second-order valence-electron chi connectivity index (χ2n) is 3.50. The van der Waals surface area contributed by atoms with E-state index in [-0.39, 0.29) is 5.82 Å². The van der Waals surface area contributed by atoms with Gasteiger partial charge in [-0.05, 0) is 6.07 Å². The monoisotopic (exact) mass is 246 g/mol. The van der Waals surface area contributed by atoms with Crippen LogP contribution in [0.5, 0.6) is 0 Å². The molecular formula is C11H6N2O3S. The van der Waals surface area contributed by atoms with Crippen LogP contribution in [-0.4, -0.2) is 21.0 Å². The number of aromatic amines is 1. The number of benzene rings is 1. The quantitative estimate of drug-likeness (QED) is 0.686. The SMILES string of the molecule is O=C(O)c1nc2sc3ccccc3c2c(=O)[nH]1. The summed E-state index contributed by atoms with van der Waals surface area (Å²) in [7, 11) is 0. The molecule has 6 heteroatoms. The number of aromatic nitrogens is 2. The molecule has 0 bridgehead atoms. The number of thiophene rings is 1. The molecule has 3 rings (SSSR count). The first-order valence-electron chi connectivity index (χ1n) is 4.81. The van der Waals surface area contributed by atoms with Gasteiger partial charge >= 0.3 is 5.97 Å². The summed E-state index contributed by atoms with van der Waals surface area (Å²) >= 11 is 1.31. The zero-order valence-electron chi connectivity index (χ0n) is 8.43. The van der Waals surface area contributed by atoms with Gasteiger partial charge in [0.2, 0.25) is 5.82 Å². The Hall–Kier alpha value is -2.21. The molecule has 2 aromatic heterocycles. The summed E-state index contributed by atoms with van der Waals surface area (Å²) < 4.78 is 0.919. The van der Waals surface area contributed by atoms with E-state index >= 15 is 0 Å². The molecule has 0 saturated carbocycles. The van der Waals surface area contributed by atoms with Crippen LogP contribution < -0.4 is 5.56 Å². The summed E-state index contributed by atoms with van der Waals surface area (Å²) in [4.78, 5) is 29.3. The molecule has 2 N–H and O–H groups in total. The van der Waals surface area contributed by atoms with Crippen molar-refractivity contribution in [3.63, 3.8) is 0 Å². The largest absolute Gasteiger partial charge is 0.475 e. The predicted octanol–water partition coefficient (Wildman–Crippen LogP) is 1.84. The molecular weight excluding hydrogens is 240 g/mol. The van der Waals surface area contributed by atoms with Crippen LogP contribution in [0.2, 0.25) is 0 Å². The van der Waals surface area contributed by atoms with Gasteiger partial charge in [0.05, 0.1) is 5.39 Å². The van der Waals surface area contributed by atoms with Crippen LogP contribution in [0.3, 0.4) is 0 Å². The average Bonchev–Trinajstić information content (AvgIpc) is 2.67. The normalized spacial score (nSPS) is 11.1. The number of aromatic carboxylic acids is 1. The van der Waals surface area contributed by atoms with E-state index in [1.807, 2.05) is 24.3 Å². The van der Waals surface area contributed by atoms with Crippen molar-refractivity contribution in [2.45, 2.75) is 0 Å². The number of carbonyl (C=O) groups is 1. The lowest BCUT2D eigenvalue weighted by Crippen LogP contribution is -2.14. The summed E-state index contributed by atoms with van der Waals surface area (Å²) in [6.07, 6.45) is 0. The van der Waals surface area contributed by atoms with E-state index in [2.05, 4.69) is 9.97 Å². The highest BCUT2D eigenvalue weighted by Gasteiger charge is 2.13. The summed E-state index contributed by atoms with van der Waals surface area (Å²) in [6, 6.07) is 7.40. The second-order valence-corrected chi connectivity index (χ2v) is 4.53. The van der Waals surface area contributed by atoms with Gasteiger partial charge in [0.15, 0.2) is 0 Å². The van der Waals surface area contributed by atoms with Crippen molar-refractivity contribution < 1.29 is 9.90 Å². The lowest BCUT2D eigenvalue weighted by Gasteiger charge is -1.93. The smallest absolute Gasteiger partial charge is 0.372 e. The highest BCUT2D eigenvalue weighted by Crippen LogP contribution is 2.29. The molecule has 2 heterocycles. The van der Waals surface area contributed by atoms with Crippen molar-refractivity contribution >= 4 is 37.6 Å². The number of nitrogens with zero attached hydrogens (tertiary/aromatic N) is 1. The molecule has 0 spiro atoms. The van der Waals surface area contributed by atoms with Gasteiger partial charge in [0.1, 0.15) is 4.83 Å². The number of carboxylic acid groups (broad SMARTS) is 1. The fourth-order valence-corrected chi connectivity index (χ4v) is 2.81. The van der Waals surface area contributed by atoms with Crippen LogP contribution in [-0.2, 0) is 0 Å². The molecule has 17 heavy (non-hydrogen) atoms. The Kier molecular flexibility index (Phi) is 1.99. The molecule has 0 aliphatic heterocycles. The first-order valence-corrected chi connectivity index (χ1v) is 5.63. The van der Waals surface area contributed by atoms with E-state index in [0.717, 1.165) is 10.1 Å². The standard InChI is InChI=1S/C11H6N2O3S/c14-9-7-5-3-1-2-4-6(5)17-10(7)13-8(12-9)11(15)16/h1-4H,(H,15,16)(H,12,13,14). The van der Waals surface area contributed by atoms with Crippen LogP contribution in [0, 0.1) is 0 Å². The Morgan fingerprint density at radius 3 is 2.88 bits per heavy atom. The Balaban J connectivity index is 2.53. The molecule has 0 amide bonds. The first-order chi connectivity index (χ1) is 8.16. The van der Waals surface area contributed by atoms with Crippen LogP contribution >= 0.6 is 11.3 Å². The van der Waals surface area contributed by atoms with E-state index in [9.17, 15) is 9.59 Å². The van der Waals surface area contributed by atoms with Crippen molar-refractivity contribution in [1.29, 1.82) is 0 Å². The van der Waals surface area contributed by atoms with E-state index in [0.29, 0.717) is 10.2 Å². The maximum Gasteiger partial charge on any atom is 0.372 e.